The van der Waals surface area contributed by atoms with Crippen molar-refractivity contribution < 1.29 is 67.9 Å². The van der Waals surface area contributed by atoms with Gasteiger partial charge >= 0.3 is 5.97 Å². The van der Waals surface area contributed by atoms with E-state index in [1.807, 2.05) is 68.9 Å². The topological polar surface area (TPSA) is 266 Å². The maximum absolute atomic E-state index is 14.9. The summed E-state index contributed by atoms with van der Waals surface area (Å²) in [6, 6.07) is 5.55. The van der Waals surface area contributed by atoms with E-state index in [-0.39, 0.29) is 31.7 Å². The number of likely N-dealkylation sites (N-methyl/N-ethyl adjacent to an activating group) is 2. The Kier molecular flexibility index (Phi) is 22.2. The quantitative estimate of drug-likeness (QED) is 0.106. The van der Waals surface area contributed by atoms with Crippen molar-refractivity contribution in [1.82, 2.24) is 30.1 Å². The first-order valence-corrected chi connectivity index (χ1v) is 26.8. The van der Waals surface area contributed by atoms with Crippen LogP contribution in [-0.2, 0) is 51.0 Å². The van der Waals surface area contributed by atoms with Crippen molar-refractivity contribution in [3.63, 3.8) is 0 Å². The number of ether oxygens (including phenoxy) is 6. The maximum Gasteiger partial charge on any atom is 0.309 e. The van der Waals surface area contributed by atoms with Gasteiger partial charge in [-0.05, 0) is 97.9 Å². The monoisotopic (exact) mass is 1070 g/mol. The number of esters is 1. The second-order valence-corrected chi connectivity index (χ2v) is 22.9. The molecule has 20 nitrogen and oxygen atoms in total. The van der Waals surface area contributed by atoms with Crippen LogP contribution in [0.2, 0.25) is 0 Å². The minimum Gasteiger partial charge on any atom is -0.459 e. The lowest BCUT2D eigenvalue weighted by Gasteiger charge is -2.51. The van der Waals surface area contributed by atoms with E-state index in [1.54, 1.807) is 47.7 Å². The van der Waals surface area contributed by atoms with Gasteiger partial charge in [0.1, 0.15) is 48.8 Å². The van der Waals surface area contributed by atoms with E-state index in [9.17, 15) is 39.5 Å². The summed E-state index contributed by atoms with van der Waals surface area (Å²) in [6.07, 6.45) is -6.43. The first-order valence-electron chi connectivity index (χ1n) is 26.8. The van der Waals surface area contributed by atoms with E-state index in [1.165, 1.54) is 25.8 Å². The van der Waals surface area contributed by atoms with Crippen LogP contribution in [-0.4, -0.2) is 201 Å². The zero-order valence-electron chi connectivity index (χ0n) is 47.0. The number of cyclic esters (lactones) is 1. The Balaban J connectivity index is 1.42. The number of nitrogens with zero attached hydrogens (tertiary/aromatic N) is 5. The SMILES string of the molecule is CC[C@H]1OC(=O)[C@H](C)[C@@H](C2C[C@@](C)(OC)[C@@H](O)[C@H](C)O2)[C@H](C)[C@@H](O[C@@H]2O[C@H](C)C[C@H](N(C)CCc3cn([C@H](CF)[C@H](OC)c4ccc(CNCC(N)=O)cc4)nn3)[C@H]2O)[C@](C)(O)C[C@@H](C)CN(C)[C@H](C)[C@@H](O)[C@]1(C)O. The lowest BCUT2D eigenvalue weighted by molar-refractivity contribution is -0.302. The summed E-state index contributed by atoms with van der Waals surface area (Å²) in [4.78, 5) is 29.7. The Labute approximate surface area is 444 Å². The Morgan fingerprint density at radius 2 is 1.69 bits per heavy atom. The predicted octanol–water partition coefficient (Wildman–Crippen LogP) is 2.85. The molecule has 1 aromatic heterocycles. The molecule has 5 rings (SSSR count). The average molecular weight is 1070 g/mol. The van der Waals surface area contributed by atoms with Gasteiger partial charge in [-0.25, -0.2) is 9.07 Å². The Bertz CT molecular complexity index is 2110. The minimum absolute atomic E-state index is 0.0472. The average Bonchev–Trinajstić information content (AvgIpc) is 3.83. The number of primary amides is 1. The minimum atomic E-state index is -1.84. The number of halogens is 1. The molecule has 3 aliphatic rings. The number of aliphatic hydroxyl groups excluding tert-OH is 3. The lowest BCUT2D eigenvalue weighted by Crippen LogP contribution is -2.62. The zero-order valence-corrected chi connectivity index (χ0v) is 47.0. The van der Waals surface area contributed by atoms with Crippen LogP contribution in [0, 0.1) is 23.7 Å². The van der Waals surface area contributed by atoms with Gasteiger partial charge in [0.2, 0.25) is 5.91 Å². The lowest BCUT2D eigenvalue weighted by atomic mass is 9.68. The van der Waals surface area contributed by atoms with Crippen molar-refractivity contribution in [3.05, 3.63) is 47.3 Å². The molecular weight excluding hydrogens is 974 g/mol. The Morgan fingerprint density at radius 1 is 1.03 bits per heavy atom. The van der Waals surface area contributed by atoms with Crippen molar-refractivity contribution in [2.24, 2.45) is 29.4 Å². The number of carbonyl (C=O) groups excluding carboxylic acids is 2. The highest BCUT2D eigenvalue weighted by Gasteiger charge is 2.55. The van der Waals surface area contributed by atoms with Gasteiger partial charge in [-0.2, -0.15) is 0 Å². The number of methoxy groups -OCH3 is 2. The van der Waals surface area contributed by atoms with Crippen LogP contribution in [0.4, 0.5) is 4.39 Å². The predicted molar refractivity (Wildman–Crippen MR) is 278 cm³/mol. The third-order valence-electron chi connectivity index (χ3n) is 16.8. The molecule has 1 amide bonds. The molecule has 0 bridgehead atoms. The molecule has 0 radical (unpaired) electrons. The summed E-state index contributed by atoms with van der Waals surface area (Å²) >= 11 is 0. The van der Waals surface area contributed by atoms with Crippen LogP contribution in [0.15, 0.2) is 30.5 Å². The molecule has 0 saturated carbocycles. The number of amides is 1. The number of carbonyl (C=O) groups is 2. The molecule has 75 heavy (non-hydrogen) atoms. The highest BCUT2D eigenvalue weighted by Crippen LogP contribution is 2.45. The largest absolute Gasteiger partial charge is 0.459 e. The molecule has 2 aromatic rings. The number of alkyl halides is 1. The molecule has 0 aliphatic carbocycles. The van der Waals surface area contributed by atoms with E-state index < -0.39 is 132 Å². The van der Waals surface area contributed by atoms with Gasteiger partial charge in [0.15, 0.2) is 6.29 Å². The van der Waals surface area contributed by atoms with Gasteiger partial charge in [0, 0.05) is 70.9 Å². The van der Waals surface area contributed by atoms with Crippen LogP contribution < -0.4 is 11.1 Å². The summed E-state index contributed by atoms with van der Waals surface area (Å²) in [5.74, 6) is -3.75. The number of nitrogens with one attached hydrogen (secondary N) is 1. The zero-order chi connectivity index (χ0) is 55.9. The van der Waals surface area contributed by atoms with Crippen molar-refractivity contribution in [3.8, 4) is 0 Å². The molecular formula is C54H92FN7O13. The normalized spacial score (nSPS) is 38.8. The number of rotatable bonds is 18. The molecule has 20 atom stereocenters. The fourth-order valence-electron chi connectivity index (χ4n) is 12.2. The third-order valence-corrected chi connectivity index (χ3v) is 16.8. The number of hydrogen-bond donors (Lipinski definition) is 7. The van der Waals surface area contributed by atoms with Gasteiger partial charge in [-0.3, -0.25) is 9.59 Å². The number of hydrogen-bond acceptors (Lipinski definition) is 18. The highest BCUT2D eigenvalue weighted by atomic mass is 19.1. The smallest absolute Gasteiger partial charge is 0.309 e. The summed E-state index contributed by atoms with van der Waals surface area (Å²) in [5.41, 5.74) is 2.94. The summed E-state index contributed by atoms with van der Waals surface area (Å²) in [6.45, 7) is 18.3. The summed E-state index contributed by atoms with van der Waals surface area (Å²) < 4.78 is 54.3. The van der Waals surface area contributed by atoms with Crippen LogP contribution in [0.5, 0.6) is 0 Å². The van der Waals surface area contributed by atoms with Gasteiger partial charge in [0.05, 0.1) is 53.8 Å². The number of benzene rings is 1. The third kappa shape index (κ3) is 14.9. The molecule has 3 aliphatic heterocycles. The highest BCUT2D eigenvalue weighted by molar-refractivity contribution is 5.75. The molecule has 3 fully saturated rings. The van der Waals surface area contributed by atoms with Gasteiger partial charge in [-0.1, -0.05) is 57.2 Å². The number of nitrogens with two attached hydrogens (primary N) is 1. The van der Waals surface area contributed by atoms with Crippen LogP contribution in [0.3, 0.4) is 0 Å². The van der Waals surface area contributed by atoms with E-state index >= 15 is 0 Å². The molecule has 1 aromatic carbocycles. The Morgan fingerprint density at radius 3 is 2.29 bits per heavy atom. The van der Waals surface area contributed by atoms with Gasteiger partial charge in [0.25, 0.3) is 0 Å². The van der Waals surface area contributed by atoms with Crippen LogP contribution in [0.25, 0.3) is 0 Å². The van der Waals surface area contributed by atoms with E-state index in [0.717, 1.165) is 11.1 Å². The van der Waals surface area contributed by atoms with Crippen molar-refractivity contribution in [1.29, 1.82) is 0 Å². The van der Waals surface area contributed by atoms with E-state index in [2.05, 4.69) is 15.6 Å². The van der Waals surface area contributed by atoms with Crippen molar-refractivity contribution >= 4 is 11.9 Å². The molecule has 3 saturated heterocycles. The molecule has 0 spiro atoms. The first-order chi connectivity index (χ1) is 35.1. The molecule has 1 unspecified atom stereocenters. The van der Waals surface area contributed by atoms with Crippen LogP contribution in [0.1, 0.15) is 124 Å². The van der Waals surface area contributed by atoms with Crippen molar-refractivity contribution in [2.45, 2.75) is 204 Å². The maximum atomic E-state index is 14.9. The number of aliphatic hydroxyl groups is 5. The Hall–Kier alpha value is -3.29. The summed E-state index contributed by atoms with van der Waals surface area (Å²) in [5, 5.41) is 71.9. The standard InChI is InChI=1S/C54H92FN7O13/c1-15-42-54(10,69)47(65)34(6)61(12)28-30(2)23-52(8,68)49(32(4)44(33(5)50(67)74-42)41-24-53(9,71-14)48(66)35(7)73-41)75-51-45(64)39(22-31(3)72-51)60(11)21-20-38-29-62(59-58-38)40(25-55)46(70-13)37-18-16-36(17-19-37)26-57-27-43(56)63/h16-19,29-35,39-42,44-49,51,57,64-66,68-69H,15,20-28H2,1-14H3,(H2,56,63)/t30-,31-,32+,33-,34-,35+,39+,40-,41?,42-,44+,45-,46-,47-,48+,49-,51+,52-,53-,54-/m1/s1. The molecule has 4 heterocycles. The fourth-order valence-corrected chi connectivity index (χ4v) is 12.2. The molecule has 428 valence electrons. The van der Waals surface area contributed by atoms with Crippen LogP contribution >= 0.6 is 0 Å². The summed E-state index contributed by atoms with van der Waals surface area (Å²) in [7, 11) is 6.75. The van der Waals surface area contributed by atoms with E-state index in [0.29, 0.717) is 38.2 Å². The van der Waals surface area contributed by atoms with Gasteiger partial charge in [-0.15, -0.1) is 5.10 Å². The second kappa shape index (κ2) is 26.6. The molecule has 21 heteroatoms. The number of aromatic nitrogens is 3. The van der Waals surface area contributed by atoms with E-state index in [4.69, 9.17) is 34.2 Å². The van der Waals surface area contributed by atoms with Crippen molar-refractivity contribution in [2.75, 3.05) is 54.6 Å². The molecule has 8 N–H and O–H groups in total. The fraction of sp³-hybridized carbons (Fsp3) is 0.815. The second-order valence-electron chi connectivity index (χ2n) is 22.9. The van der Waals surface area contributed by atoms with Gasteiger partial charge < -0.3 is 74.8 Å². The first kappa shape index (κ1) is 62.6.